The van der Waals surface area contributed by atoms with Gasteiger partial charge in [0.05, 0.1) is 6.54 Å². The van der Waals surface area contributed by atoms with Gasteiger partial charge in [0.15, 0.2) is 0 Å². The maximum Gasteiger partial charge on any atom is 0.281 e. The molecule has 2 aliphatic heterocycles. The molecule has 0 unspecified atom stereocenters. The molecule has 0 aliphatic carbocycles. The van der Waals surface area contributed by atoms with Crippen molar-refractivity contribution in [2.45, 2.75) is 32.0 Å². The number of piperazine rings is 1. The zero-order valence-electron chi connectivity index (χ0n) is 16.4. The van der Waals surface area contributed by atoms with Gasteiger partial charge in [-0.1, -0.05) is 11.3 Å². The van der Waals surface area contributed by atoms with E-state index in [9.17, 15) is 4.79 Å². The number of carbonyl (C=O) groups excluding carboxylic acids is 1. The second-order valence-electron chi connectivity index (χ2n) is 7.97. The number of hydrogen-bond donors (Lipinski definition) is 0. The van der Waals surface area contributed by atoms with Crippen molar-refractivity contribution in [3.8, 4) is 10.9 Å². The Balaban J connectivity index is 1.19. The zero-order valence-corrected chi connectivity index (χ0v) is 17.3. The van der Waals surface area contributed by atoms with Crippen LogP contribution in [-0.4, -0.2) is 50.8 Å². The van der Waals surface area contributed by atoms with Crippen LogP contribution >= 0.6 is 11.3 Å². The highest BCUT2D eigenvalue weighted by molar-refractivity contribution is 7.19. The van der Waals surface area contributed by atoms with Crippen LogP contribution in [-0.2, 0) is 11.3 Å². The fourth-order valence-corrected chi connectivity index (χ4v) is 5.41. The second kappa shape index (κ2) is 6.78. The lowest BCUT2D eigenvalue weighted by molar-refractivity contribution is -0.131. The summed E-state index contributed by atoms with van der Waals surface area (Å²) in [6.45, 7) is 4.17. The highest BCUT2D eigenvalue weighted by Crippen LogP contribution is 2.34. The van der Waals surface area contributed by atoms with Gasteiger partial charge in [-0.3, -0.25) is 9.69 Å². The van der Waals surface area contributed by atoms with E-state index in [2.05, 4.69) is 20.9 Å². The molecule has 7 nitrogen and oxygen atoms in total. The minimum Gasteiger partial charge on any atom is -0.460 e. The number of aromatic nitrogens is 2. The summed E-state index contributed by atoms with van der Waals surface area (Å²) in [5, 5.41) is 1.62. The molecular formula is C22H20N4O3S. The number of thiazole rings is 1. The number of benzene rings is 1. The molecule has 2 atom stereocenters. The summed E-state index contributed by atoms with van der Waals surface area (Å²) < 4.78 is 12.1. The van der Waals surface area contributed by atoms with Gasteiger partial charge >= 0.3 is 0 Å². The van der Waals surface area contributed by atoms with Gasteiger partial charge in [-0.05, 0) is 36.8 Å². The summed E-state index contributed by atoms with van der Waals surface area (Å²) in [6.07, 6.45) is 2.82. The van der Waals surface area contributed by atoms with Crippen LogP contribution in [0.3, 0.4) is 0 Å². The molecule has 0 radical (unpaired) electrons. The predicted octanol–water partition coefficient (Wildman–Crippen LogP) is 4.03. The summed E-state index contributed by atoms with van der Waals surface area (Å²) in [6, 6.07) is 12.5. The quantitative estimate of drug-likeness (QED) is 0.496. The highest BCUT2D eigenvalue weighted by Gasteiger charge is 2.44. The zero-order chi connectivity index (χ0) is 20.2. The van der Waals surface area contributed by atoms with E-state index in [0.29, 0.717) is 23.0 Å². The first-order valence-corrected chi connectivity index (χ1v) is 10.9. The maximum atomic E-state index is 11.7. The molecule has 4 aromatic rings. The van der Waals surface area contributed by atoms with E-state index < -0.39 is 0 Å². The van der Waals surface area contributed by atoms with Crippen LogP contribution < -0.4 is 4.74 Å². The summed E-state index contributed by atoms with van der Waals surface area (Å²) in [5.41, 5.74) is 1.64. The standard InChI is InChI=1S/C22H20N4O3S/c1-13(27)26-11-15-8-16(26)10-25(15)12-18-7-14-4-5-17(9-20(14)28-18)29-22-24-19-3-2-6-23-21(19)30-22/h2-7,9,15-16H,8,10-12H2,1H3/t15-,16-/m0/s1. The van der Waals surface area contributed by atoms with Crippen molar-refractivity contribution >= 4 is 38.6 Å². The highest BCUT2D eigenvalue weighted by atomic mass is 32.1. The summed E-state index contributed by atoms with van der Waals surface area (Å²) >= 11 is 1.42. The van der Waals surface area contributed by atoms with Gasteiger partial charge in [0.2, 0.25) is 5.91 Å². The van der Waals surface area contributed by atoms with Crippen molar-refractivity contribution in [1.82, 2.24) is 19.8 Å². The van der Waals surface area contributed by atoms with Crippen LogP contribution in [0.25, 0.3) is 21.3 Å². The molecule has 2 aliphatic rings. The topological polar surface area (TPSA) is 71.7 Å². The minimum atomic E-state index is 0.183. The third-order valence-corrected chi connectivity index (χ3v) is 6.87. The third-order valence-electron chi connectivity index (χ3n) is 6.01. The van der Waals surface area contributed by atoms with E-state index in [-0.39, 0.29) is 5.91 Å². The van der Waals surface area contributed by atoms with Crippen molar-refractivity contribution in [2.75, 3.05) is 13.1 Å². The molecule has 1 aromatic carbocycles. The largest absolute Gasteiger partial charge is 0.460 e. The Morgan fingerprint density at radius 3 is 3.00 bits per heavy atom. The lowest BCUT2D eigenvalue weighted by Gasteiger charge is -2.33. The number of nitrogens with zero attached hydrogens (tertiary/aromatic N) is 4. The summed E-state index contributed by atoms with van der Waals surface area (Å²) in [4.78, 5) is 25.8. The van der Waals surface area contributed by atoms with Gasteiger partial charge in [-0.2, -0.15) is 0 Å². The molecule has 152 valence electrons. The van der Waals surface area contributed by atoms with Crippen molar-refractivity contribution < 1.29 is 13.9 Å². The average Bonchev–Trinajstić information content (AvgIpc) is 3.49. The molecule has 0 spiro atoms. The first-order chi connectivity index (χ1) is 14.6. The van der Waals surface area contributed by atoms with E-state index >= 15 is 0 Å². The first-order valence-electron chi connectivity index (χ1n) is 10.1. The third kappa shape index (κ3) is 3.03. The Morgan fingerprint density at radius 2 is 2.20 bits per heavy atom. The Bertz CT molecular complexity index is 1230. The number of pyridine rings is 1. The van der Waals surface area contributed by atoms with Crippen LogP contribution in [0.2, 0.25) is 0 Å². The van der Waals surface area contributed by atoms with Gasteiger partial charge in [-0.15, -0.1) is 0 Å². The van der Waals surface area contributed by atoms with Crippen molar-refractivity contribution in [3.63, 3.8) is 0 Å². The maximum absolute atomic E-state index is 11.7. The molecule has 5 heterocycles. The van der Waals surface area contributed by atoms with Crippen LogP contribution in [0.1, 0.15) is 19.1 Å². The molecule has 30 heavy (non-hydrogen) atoms. The summed E-state index contributed by atoms with van der Waals surface area (Å²) in [5.74, 6) is 1.82. The smallest absolute Gasteiger partial charge is 0.281 e. The number of likely N-dealkylation sites (tertiary alicyclic amines) is 2. The average molecular weight is 420 g/mol. The molecule has 2 saturated heterocycles. The van der Waals surface area contributed by atoms with E-state index in [1.54, 1.807) is 13.1 Å². The molecule has 6 rings (SSSR count). The Labute approximate surface area is 176 Å². The number of carbonyl (C=O) groups is 1. The van der Waals surface area contributed by atoms with E-state index in [1.165, 1.54) is 11.3 Å². The number of ether oxygens (including phenoxy) is 1. The Morgan fingerprint density at radius 1 is 1.27 bits per heavy atom. The SMILES string of the molecule is CC(=O)N1C[C@@H]2C[C@H]1CN2Cc1cc2ccc(Oc3nc4cccnc4s3)cc2o1. The number of fused-ring (bicyclic) bond motifs is 4. The fraction of sp³-hybridized carbons (Fsp3) is 0.318. The lowest BCUT2D eigenvalue weighted by Crippen LogP contribution is -2.47. The predicted molar refractivity (Wildman–Crippen MR) is 114 cm³/mol. The molecule has 0 saturated carbocycles. The molecule has 2 bridgehead atoms. The normalized spacial score (nSPS) is 21.2. The first kappa shape index (κ1) is 17.9. The van der Waals surface area contributed by atoms with Gasteiger partial charge in [-0.25, -0.2) is 9.97 Å². The monoisotopic (exact) mass is 420 g/mol. The molecule has 8 heteroatoms. The number of hydrogen-bond acceptors (Lipinski definition) is 7. The van der Waals surface area contributed by atoms with Crippen LogP contribution in [0.4, 0.5) is 0 Å². The minimum absolute atomic E-state index is 0.183. The van der Waals surface area contributed by atoms with Crippen LogP contribution in [0.15, 0.2) is 47.0 Å². The van der Waals surface area contributed by atoms with Crippen molar-refractivity contribution in [3.05, 3.63) is 48.4 Å². The van der Waals surface area contributed by atoms with Crippen molar-refractivity contribution in [2.24, 2.45) is 0 Å². The number of rotatable bonds is 4. The lowest BCUT2D eigenvalue weighted by atomic mass is 10.2. The van der Waals surface area contributed by atoms with E-state index in [0.717, 1.165) is 53.1 Å². The molecule has 0 N–H and O–H groups in total. The Kier molecular flexibility index (Phi) is 4.04. The number of amides is 1. The molecule has 1 amide bonds. The van der Waals surface area contributed by atoms with Crippen LogP contribution in [0, 0.1) is 0 Å². The fourth-order valence-electron chi connectivity index (χ4n) is 4.63. The van der Waals surface area contributed by atoms with Crippen molar-refractivity contribution in [1.29, 1.82) is 0 Å². The molecule has 3 aromatic heterocycles. The van der Waals surface area contributed by atoms with Gasteiger partial charge in [0.25, 0.3) is 5.19 Å². The summed E-state index contributed by atoms with van der Waals surface area (Å²) in [7, 11) is 0. The van der Waals surface area contributed by atoms with Gasteiger partial charge in [0, 0.05) is 49.7 Å². The Hall–Kier alpha value is -2.97. The second-order valence-corrected chi connectivity index (χ2v) is 8.91. The van der Waals surface area contributed by atoms with Crippen LogP contribution in [0.5, 0.6) is 10.9 Å². The molecular weight excluding hydrogens is 400 g/mol. The van der Waals surface area contributed by atoms with Gasteiger partial charge in [0.1, 0.15) is 27.4 Å². The van der Waals surface area contributed by atoms with E-state index in [4.69, 9.17) is 9.15 Å². The van der Waals surface area contributed by atoms with Gasteiger partial charge < -0.3 is 14.1 Å². The van der Waals surface area contributed by atoms with E-state index in [1.807, 2.05) is 35.2 Å². The number of furan rings is 1. The molecule has 2 fully saturated rings.